The van der Waals surface area contributed by atoms with Crippen molar-refractivity contribution in [3.63, 3.8) is 0 Å². The average Bonchev–Trinajstić information content (AvgIpc) is 2.88. The Morgan fingerprint density at radius 1 is 0.525 bits per heavy atom. The van der Waals surface area contributed by atoms with Gasteiger partial charge in [-0.1, -0.05) is 95.8 Å². The van der Waals surface area contributed by atoms with Crippen LogP contribution in [0.4, 0.5) is 11.4 Å². The van der Waals surface area contributed by atoms with Crippen LogP contribution in [0.1, 0.15) is 101 Å². The zero-order valence-electron chi connectivity index (χ0n) is 24.7. The molecule has 0 aliphatic carbocycles. The number of hydrogen-bond acceptors (Lipinski definition) is 3. The summed E-state index contributed by atoms with van der Waals surface area (Å²) in [6.07, 6.45) is 8.61. The summed E-state index contributed by atoms with van der Waals surface area (Å²) in [7, 11) is 0. The number of halogens is 3. The first-order valence-corrected chi connectivity index (χ1v) is 13.8. The van der Waals surface area contributed by atoms with Gasteiger partial charge in [0.15, 0.2) is 0 Å². The van der Waals surface area contributed by atoms with E-state index in [2.05, 4.69) is 96.1 Å². The minimum absolute atomic E-state index is 0. The maximum atomic E-state index is 5.14. The van der Waals surface area contributed by atoms with E-state index in [1.54, 1.807) is 0 Å². The van der Waals surface area contributed by atoms with Crippen molar-refractivity contribution in [2.24, 2.45) is 9.98 Å². The van der Waals surface area contributed by atoms with Crippen LogP contribution in [0.25, 0.3) is 0 Å². The Kier molecular flexibility index (Phi) is 21.3. The largest absolute Gasteiger partial charge is 3.00 e. The third-order valence-electron chi connectivity index (χ3n) is 6.53. The molecule has 0 aliphatic heterocycles. The summed E-state index contributed by atoms with van der Waals surface area (Å²) < 4.78 is 0. The second-order valence-corrected chi connectivity index (χ2v) is 9.65. The molecule has 0 amide bonds. The average molecular weight is 644 g/mol. The van der Waals surface area contributed by atoms with Gasteiger partial charge >= 0.3 is 17.1 Å². The molecule has 7 heteroatoms. The predicted molar refractivity (Wildman–Crippen MR) is 157 cm³/mol. The Morgan fingerprint density at radius 2 is 0.800 bits per heavy atom. The molecule has 1 radical (unpaired) electrons. The van der Waals surface area contributed by atoms with Gasteiger partial charge in [-0.05, 0) is 73.9 Å². The van der Waals surface area contributed by atoms with Gasteiger partial charge in [0.05, 0.1) is 34.2 Å². The van der Waals surface area contributed by atoms with Crippen molar-refractivity contribution in [1.29, 1.82) is 0 Å². The minimum atomic E-state index is 0. The van der Waals surface area contributed by atoms with E-state index in [9.17, 15) is 0 Å². The molecule has 219 valence electrons. The van der Waals surface area contributed by atoms with E-state index in [-0.39, 0.29) is 54.3 Å². The van der Waals surface area contributed by atoms with Gasteiger partial charge in [-0.15, -0.1) is 0 Å². The standard InChI is InChI=1S/C33H43N3.3ClH.Fe/c1-7-14-26-18-11-19-27(15-8-2)32(26)34-24(5)30-22-13-23-31(36-30)25(6)35-33-28(16-9-3)20-12-21-29(33)17-10-4;;;;/h11-13,18-23H,7-10,14-17H2,1-6H3;3*1H;/q;;;;+3/p-3. The van der Waals surface area contributed by atoms with Gasteiger partial charge in [0.1, 0.15) is 0 Å². The van der Waals surface area contributed by atoms with E-state index >= 15 is 0 Å². The molecule has 0 aliphatic rings. The van der Waals surface area contributed by atoms with Crippen LogP contribution in [-0.2, 0) is 42.8 Å². The molecule has 0 saturated heterocycles. The van der Waals surface area contributed by atoms with Crippen LogP contribution in [0, 0.1) is 0 Å². The number of aliphatic imine (C=N–C) groups is 2. The van der Waals surface area contributed by atoms with Gasteiger partial charge in [0.25, 0.3) is 0 Å². The van der Waals surface area contributed by atoms with Gasteiger partial charge in [-0.25, -0.2) is 4.98 Å². The smallest absolute Gasteiger partial charge is 1.00 e. The first kappa shape index (κ1) is 40.5. The van der Waals surface area contributed by atoms with Gasteiger partial charge in [-0.3, -0.25) is 9.98 Å². The van der Waals surface area contributed by atoms with Crippen molar-refractivity contribution in [1.82, 2.24) is 4.98 Å². The molecule has 3 nitrogen and oxygen atoms in total. The van der Waals surface area contributed by atoms with Gasteiger partial charge in [-0.2, -0.15) is 0 Å². The molecule has 0 N–H and O–H groups in total. The third kappa shape index (κ3) is 11.0. The fourth-order valence-corrected chi connectivity index (χ4v) is 4.75. The topological polar surface area (TPSA) is 37.6 Å². The van der Waals surface area contributed by atoms with Gasteiger partial charge < -0.3 is 37.2 Å². The summed E-state index contributed by atoms with van der Waals surface area (Å²) in [5.41, 5.74) is 11.3. The number of pyridine rings is 1. The Labute approximate surface area is 271 Å². The molecule has 0 bridgehead atoms. The van der Waals surface area contributed by atoms with Crippen molar-refractivity contribution in [2.45, 2.75) is 92.9 Å². The van der Waals surface area contributed by atoms with Crippen LogP contribution in [-0.4, -0.2) is 16.4 Å². The second kappa shape index (κ2) is 21.1. The summed E-state index contributed by atoms with van der Waals surface area (Å²) in [6.45, 7) is 13.1. The molecule has 0 spiro atoms. The fraction of sp³-hybridized carbons (Fsp3) is 0.424. The number of nitrogens with zero attached hydrogens (tertiary/aromatic N) is 3. The van der Waals surface area contributed by atoms with E-state index in [4.69, 9.17) is 15.0 Å². The molecule has 2 aromatic carbocycles. The first-order chi connectivity index (χ1) is 17.5. The first-order valence-electron chi connectivity index (χ1n) is 13.8. The number of hydrogen-bond donors (Lipinski definition) is 0. The molecule has 1 aromatic heterocycles. The van der Waals surface area contributed by atoms with Crippen LogP contribution in [0.15, 0.2) is 64.6 Å². The van der Waals surface area contributed by atoms with Crippen LogP contribution < -0.4 is 37.2 Å². The summed E-state index contributed by atoms with van der Waals surface area (Å²) in [4.78, 5) is 15.3. The normalized spacial score (nSPS) is 11.1. The molecule has 0 atom stereocenters. The summed E-state index contributed by atoms with van der Waals surface area (Å²) in [5, 5.41) is 0. The number of para-hydroxylation sites is 2. The van der Waals surface area contributed by atoms with E-state index in [1.165, 1.54) is 22.3 Å². The van der Waals surface area contributed by atoms with Crippen molar-refractivity contribution < 1.29 is 54.3 Å². The molecule has 0 unspecified atom stereocenters. The molecule has 3 aromatic rings. The van der Waals surface area contributed by atoms with Crippen LogP contribution >= 0.6 is 0 Å². The van der Waals surface area contributed by atoms with E-state index in [0.29, 0.717) is 0 Å². The summed E-state index contributed by atoms with van der Waals surface area (Å²) >= 11 is 0. The van der Waals surface area contributed by atoms with E-state index in [1.807, 2.05) is 0 Å². The molecule has 40 heavy (non-hydrogen) atoms. The Bertz CT molecular complexity index is 1090. The zero-order chi connectivity index (χ0) is 25.9. The minimum Gasteiger partial charge on any atom is -1.00 e. The number of aryl methyl sites for hydroxylation is 4. The van der Waals surface area contributed by atoms with Crippen LogP contribution in [0.5, 0.6) is 0 Å². The molecule has 3 rings (SSSR count). The van der Waals surface area contributed by atoms with Crippen LogP contribution in [0.3, 0.4) is 0 Å². The SMILES string of the molecule is CCCc1cccc(CCC)c1N=C(C)c1cccc(C(C)=Nc2c(CCC)cccc2CCC)n1.[Cl-].[Cl-].[Cl-].[Fe+3]. The zero-order valence-corrected chi connectivity index (χ0v) is 28.1. The Morgan fingerprint density at radius 3 is 1.07 bits per heavy atom. The molecule has 1 heterocycles. The van der Waals surface area contributed by atoms with Crippen molar-refractivity contribution in [3.8, 4) is 0 Å². The van der Waals surface area contributed by atoms with Crippen molar-refractivity contribution in [3.05, 3.63) is 88.2 Å². The number of aromatic nitrogens is 1. The van der Waals surface area contributed by atoms with Crippen molar-refractivity contribution in [2.75, 3.05) is 0 Å². The van der Waals surface area contributed by atoms with Crippen molar-refractivity contribution >= 4 is 22.8 Å². The summed E-state index contributed by atoms with van der Waals surface area (Å²) in [5.74, 6) is 0. The predicted octanol–water partition coefficient (Wildman–Crippen LogP) is 0.183. The number of rotatable bonds is 12. The van der Waals surface area contributed by atoms with Gasteiger partial charge in [0.2, 0.25) is 0 Å². The molecule has 0 fully saturated rings. The summed E-state index contributed by atoms with van der Waals surface area (Å²) in [6, 6.07) is 19.4. The molecular weight excluding hydrogens is 601 g/mol. The fourth-order valence-electron chi connectivity index (χ4n) is 4.75. The Hall–Kier alpha value is -1.68. The Balaban J connectivity index is 0. The van der Waals surface area contributed by atoms with Crippen LogP contribution in [0.2, 0.25) is 0 Å². The monoisotopic (exact) mass is 642 g/mol. The molecular formula is C33H43Cl3FeN3. The maximum Gasteiger partial charge on any atom is 3.00 e. The quantitative estimate of drug-likeness (QED) is 0.205. The second-order valence-electron chi connectivity index (χ2n) is 9.65. The van der Waals surface area contributed by atoms with E-state index in [0.717, 1.165) is 85.6 Å². The number of benzene rings is 2. The van der Waals surface area contributed by atoms with E-state index < -0.39 is 0 Å². The third-order valence-corrected chi connectivity index (χ3v) is 6.53. The molecule has 0 saturated carbocycles. The van der Waals surface area contributed by atoms with Gasteiger partial charge in [0, 0.05) is 0 Å². The maximum absolute atomic E-state index is 5.14.